The molecule has 1 aromatic heterocycles. The predicted octanol–water partition coefficient (Wildman–Crippen LogP) is 5.68. The van der Waals surface area contributed by atoms with Gasteiger partial charge in [-0.25, -0.2) is 4.98 Å². The second-order valence-electron chi connectivity index (χ2n) is 7.32. The van der Waals surface area contributed by atoms with Gasteiger partial charge >= 0.3 is 0 Å². The highest BCUT2D eigenvalue weighted by atomic mass is 35.5. The summed E-state index contributed by atoms with van der Waals surface area (Å²) >= 11 is 13.6. The highest BCUT2D eigenvalue weighted by Crippen LogP contribution is 2.37. The molecule has 0 atom stereocenters. The van der Waals surface area contributed by atoms with E-state index in [1.807, 2.05) is 0 Å². The number of hydrogen-bond donors (Lipinski definition) is 0. The van der Waals surface area contributed by atoms with E-state index in [-0.39, 0.29) is 16.5 Å². The van der Waals surface area contributed by atoms with Gasteiger partial charge in [-0.1, -0.05) is 23.2 Å². The van der Waals surface area contributed by atoms with Gasteiger partial charge in [0.05, 0.1) is 30.5 Å². The Morgan fingerprint density at radius 3 is 2.42 bits per heavy atom. The van der Waals surface area contributed by atoms with E-state index in [9.17, 15) is 9.59 Å². The molecule has 10 heteroatoms. The lowest BCUT2D eigenvalue weighted by Gasteiger charge is -2.22. The number of likely N-dealkylation sites (tertiary alicyclic amines) is 1. The molecule has 0 spiro atoms. The molecule has 2 aromatic carbocycles. The normalized spacial score (nSPS) is 13.2. The Balaban J connectivity index is 1.78. The third-order valence-electron chi connectivity index (χ3n) is 5.29. The van der Waals surface area contributed by atoms with Crippen molar-refractivity contribution in [1.82, 2.24) is 9.88 Å². The Bertz CT molecular complexity index is 1190. The zero-order chi connectivity index (χ0) is 23.5. The fourth-order valence-electron chi connectivity index (χ4n) is 3.61. The third-order valence-corrected chi connectivity index (χ3v) is 6.66. The molecule has 0 N–H and O–H groups in total. The molecule has 0 unspecified atom stereocenters. The third kappa shape index (κ3) is 4.78. The topological polar surface area (TPSA) is 72.0 Å². The van der Waals surface area contributed by atoms with E-state index in [2.05, 4.69) is 4.98 Å². The maximum Gasteiger partial charge on any atom is 0.273 e. The molecule has 3 aromatic rings. The summed E-state index contributed by atoms with van der Waals surface area (Å²) in [6.07, 6.45) is 1.96. The number of nitrogens with zero attached hydrogens (tertiary/aromatic N) is 3. The molecule has 7 nitrogen and oxygen atoms in total. The van der Waals surface area contributed by atoms with Crippen molar-refractivity contribution >= 4 is 57.2 Å². The largest absolute Gasteiger partial charge is 0.493 e. The van der Waals surface area contributed by atoms with Crippen LogP contribution in [-0.2, 0) is 0 Å². The van der Waals surface area contributed by atoms with E-state index >= 15 is 0 Å². The first-order valence-corrected chi connectivity index (χ1v) is 11.8. The van der Waals surface area contributed by atoms with Crippen LogP contribution in [0, 0.1) is 0 Å². The van der Waals surface area contributed by atoms with Crippen molar-refractivity contribution in [3.8, 4) is 11.5 Å². The smallest absolute Gasteiger partial charge is 0.273 e. The first kappa shape index (κ1) is 23.4. The van der Waals surface area contributed by atoms with Crippen molar-refractivity contribution in [3.63, 3.8) is 0 Å². The van der Waals surface area contributed by atoms with Gasteiger partial charge in [-0.2, -0.15) is 0 Å². The number of aromatic nitrogens is 1. The number of benzene rings is 2. The number of amides is 2. The first-order valence-electron chi connectivity index (χ1n) is 10.2. The number of thiazole rings is 1. The zero-order valence-corrected chi connectivity index (χ0v) is 20.3. The number of carbonyl (C=O) groups is 2. The van der Waals surface area contributed by atoms with E-state index in [0.717, 1.165) is 12.8 Å². The summed E-state index contributed by atoms with van der Waals surface area (Å²) in [6, 6.07) is 9.74. The number of ether oxygens (including phenoxy) is 2. The van der Waals surface area contributed by atoms with Crippen molar-refractivity contribution in [2.45, 2.75) is 12.8 Å². The lowest BCUT2D eigenvalue weighted by Crippen LogP contribution is -2.29. The van der Waals surface area contributed by atoms with Crippen molar-refractivity contribution in [2.24, 2.45) is 0 Å². The highest BCUT2D eigenvalue weighted by Gasteiger charge is 2.28. The van der Waals surface area contributed by atoms with Crippen LogP contribution in [0.1, 0.15) is 33.7 Å². The Hall–Kier alpha value is -2.81. The molecule has 33 heavy (non-hydrogen) atoms. The minimum Gasteiger partial charge on any atom is -0.493 e. The fourth-order valence-corrected chi connectivity index (χ4v) is 4.91. The van der Waals surface area contributed by atoms with Crippen LogP contribution in [0.4, 0.5) is 10.8 Å². The van der Waals surface area contributed by atoms with Crippen LogP contribution >= 0.6 is 34.5 Å². The number of rotatable bonds is 6. The van der Waals surface area contributed by atoms with Crippen molar-refractivity contribution in [2.75, 3.05) is 32.2 Å². The average Bonchev–Trinajstić information content (AvgIpc) is 3.51. The Morgan fingerprint density at radius 1 is 1.03 bits per heavy atom. The van der Waals surface area contributed by atoms with Gasteiger partial charge in [0.1, 0.15) is 5.69 Å². The van der Waals surface area contributed by atoms with Crippen LogP contribution in [0.5, 0.6) is 11.5 Å². The van der Waals surface area contributed by atoms with Crippen LogP contribution in [0.2, 0.25) is 10.0 Å². The standard InChI is InChI=1S/C23H21Cl2N3O4S/c1-31-19-8-6-15(12-20(19)32-2)28(21(29)16-7-5-14(24)11-17(16)25)23-26-18(13-33-23)22(30)27-9-3-4-10-27/h5-8,11-13H,3-4,9-10H2,1-2H3. The monoisotopic (exact) mass is 505 g/mol. The molecule has 1 fully saturated rings. The van der Waals surface area contributed by atoms with E-state index in [1.54, 1.807) is 40.6 Å². The zero-order valence-electron chi connectivity index (χ0n) is 18.0. The number of anilines is 2. The number of halogens is 2. The molecule has 0 radical (unpaired) electrons. The molecule has 1 aliphatic rings. The van der Waals surface area contributed by atoms with Crippen molar-refractivity contribution in [1.29, 1.82) is 0 Å². The summed E-state index contributed by atoms with van der Waals surface area (Å²) in [4.78, 5) is 34.2. The van der Waals surface area contributed by atoms with Gasteiger partial charge in [0, 0.05) is 29.6 Å². The molecule has 0 aliphatic carbocycles. The van der Waals surface area contributed by atoms with Gasteiger partial charge in [-0.05, 0) is 43.2 Å². The highest BCUT2D eigenvalue weighted by molar-refractivity contribution is 7.14. The van der Waals surface area contributed by atoms with Gasteiger partial charge in [0.2, 0.25) is 0 Å². The van der Waals surface area contributed by atoms with E-state index in [1.165, 1.54) is 36.5 Å². The molecular formula is C23H21Cl2N3O4S. The summed E-state index contributed by atoms with van der Waals surface area (Å²) in [5, 5.41) is 2.63. The Labute approximate surface area is 205 Å². The maximum absolute atomic E-state index is 13.7. The van der Waals surface area contributed by atoms with Gasteiger partial charge < -0.3 is 14.4 Å². The minimum atomic E-state index is -0.418. The molecule has 172 valence electrons. The quantitative estimate of drug-likeness (QED) is 0.430. The lowest BCUT2D eigenvalue weighted by atomic mass is 10.1. The molecule has 2 heterocycles. The second-order valence-corrected chi connectivity index (χ2v) is 9.00. The van der Waals surface area contributed by atoms with Gasteiger partial charge in [0.15, 0.2) is 16.6 Å². The van der Waals surface area contributed by atoms with Crippen LogP contribution in [0.3, 0.4) is 0 Å². The fraction of sp³-hybridized carbons (Fsp3) is 0.261. The summed E-state index contributed by atoms with van der Waals surface area (Å²) < 4.78 is 10.7. The Morgan fingerprint density at radius 2 is 1.76 bits per heavy atom. The van der Waals surface area contributed by atoms with Gasteiger partial charge in [-0.3, -0.25) is 14.5 Å². The SMILES string of the molecule is COc1ccc(N(C(=O)c2ccc(Cl)cc2Cl)c2nc(C(=O)N3CCCC3)cs2)cc1OC. The van der Waals surface area contributed by atoms with E-state index in [0.29, 0.717) is 46.1 Å². The summed E-state index contributed by atoms with van der Waals surface area (Å²) in [5.74, 6) is 0.403. The summed E-state index contributed by atoms with van der Waals surface area (Å²) in [6.45, 7) is 1.43. The van der Waals surface area contributed by atoms with Gasteiger partial charge in [0.25, 0.3) is 11.8 Å². The average molecular weight is 506 g/mol. The molecule has 1 aliphatic heterocycles. The molecule has 0 bridgehead atoms. The molecule has 2 amide bonds. The van der Waals surface area contributed by atoms with Crippen LogP contribution in [-0.4, -0.2) is 49.0 Å². The maximum atomic E-state index is 13.7. The molecular weight excluding hydrogens is 485 g/mol. The predicted molar refractivity (Wildman–Crippen MR) is 130 cm³/mol. The van der Waals surface area contributed by atoms with Crippen molar-refractivity contribution < 1.29 is 19.1 Å². The van der Waals surface area contributed by atoms with Crippen molar-refractivity contribution in [3.05, 3.63) is 63.1 Å². The summed E-state index contributed by atoms with van der Waals surface area (Å²) in [7, 11) is 3.05. The van der Waals surface area contributed by atoms with Crippen LogP contribution in [0.15, 0.2) is 41.8 Å². The first-order chi connectivity index (χ1) is 15.9. The van der Waals surface area contributed by atoms with Crippen LogP contribution < -0.4 is 14.4 Å². The number of carbonyl (C=O) groups excluding carboxylic acids is 2. The molecule has 4 rings (SSSR count). The second kappa shape index (κ2) is 9.99. The minimum absolute atomic E-state index is 0.140. The Kier molecular flexibility index (Phi) is 7.07. The molecule has 1 saturated heterocycles. The molecule has 0 saturated carbocycles. The van der Waals surface area contributed by atoms with E-state index in [4.69, 9.17) is 32.7 Å². The number of hydrogen-bond acceptors (Lipinski definition) is 6. The van der Waals surface area contributed by atoms with E-state index < -0.39 is 5.91 Å². The lowest BCUT2D eigenvalue weighted by molar-refractivity contribution is 0.0787. The van der Waals surface area contributed by atoms with Gasteiger partial charge in [-0.15, -0.1) is 11.3 Å². The number of methoxy groups -OCH3 is 2. The van der Waals surface area contributed by atoms with Crippen LogP contribution in [0.25, 0.3) is 0 Å². The summed E-state index contributed by atoms with van der Waals surface area (Å²) in [5.41, 5.74) is 1.04.